The van der Waals surface area contributed by atoms with Crippen molar-refractivity contribution in [3.05, 3.63) is 36.2 Å². The van der Waals surface area contributed by atoms with Crippen LogP contribution in [0.1, 0.15) is 36.7 Å². The van der Waals surface area contributed by atoms with Crippen molar-refractivity contribution in [1.29, 1.82) is 0 Å². The zero-order chi connectivity index (χ0) is 19.6. The highest BCUT2D eigenvalue weighted by molar-refractivity contribution is 6.03. The molecule has 0 aliphatic rings. The van der Waals surface area contributed by atoms with Crippen molar-refractivity contribution < 1.29 is 19.0 Å². The van der Waals surface area contributed by atoms with E-state index in [1.807, 2.05) is 6.07 Å². The fourth-order valence-corrected chi connectivity index (χ4v) is 2.62. The maximum atomic E-state index is 12.6. The van der Waals surface area contributed by atoms with E-state index < -0.39 is 0 Å². The summed E-state index contributed by atoms with van der Waals surface area (Å²) >= 11 is 0. The highest BCUT2D eigenvalue weighted by Gasteiger charge is 2.15. The van der Waals surface area contributed by atoms with Crippen molar-refractivity contribution in [1.82, 2.24) is 4.98 Å². The maximum absolute atomic E-state index is 12.6. The van der Waals surface area contributed by atoms with Crippen LogP contribution in [0.25, 0.3) is 0 Å². The molecule has 0 unspecified atom stereocenters. The number of aromatic nitrogens is 1. The van der Waals surface area contributed by atoms with Gasteiger partial charge in [0.05, 0.1) is 21.3 Å². The van der Waals surface area contributed by atoms with E-state index in [1.54, 1.807) is 24.4 Å². The number of carbonyl (C=O) groups excluding carboxylic acids is 1. The molecule has 1 aromatic heterocycles. The molecule has 0 saturated heterocycles. The van der Waals surface area contributed by atoms with Crippen molar-refractivity contribution in [3.8, 4) is 17.2 Å². The first-order chi connectivity index (χ1) is 13.1. The first-order valence-corrected chi connectivity index (χ1v) is 8.94. The Hall–Kier alpha value is -2.96. The standard InChI is InChI=1S/C20H27N3O4/c1-5-6-7-9-21-14-8-10-22-16(11-14)20(24)23-15-12-17(25-2)19(27-4)18(13-15)26-3/h8,10-13H,5-7,9H2,1-4H3,(H,21,22)(H,23,24). The van der Waals surface area contributed by atoms with Gasteiger partial charge in [-0.25, -0.2) is 0 Å². The maximum Gasteiger partial charge on any atom is 0.274 e. The summed E-state index contributed by atoms with van der Waals surface area (Å²) in [6, 6.07) is 6.93. The van der Waals surface area contributed by atoms with Crippen LogP contribution in [-0.2, 0) is 0 Å². The van der Waals surface area contributed by atoms with E-state index in [0.29, 0.717) is 28.6 Å². The van der Waals surface area contributed by atoms with Gasteiger partial charge in [-0.3, -0.25) is 9.78 Å². The van der Waals surface area contributed by atoms with E-state index in [1.165, 1.54) is 34.2 Å². The molecule has 2 rings (SSSR count). The minimum absolute atomic E-state index is 0.318. The van der Waals surface area contributed by atoms with Gasteiger partial charge in [-0.1, -0.05) is 19.8 Å². The molecule has 0 saturated carbocycles. The SMILES string of the molecule is CCCCCNc1ccnc(C(=O)Nc2cc(OC)c(OC)c(OC)c2)c1. The number of nitrogens with zero attached hydrogens (tertiary/aromatic N) is 1. The summed E-state index contributed by atoms with van der Waals surface area (Å²) in [6.45, 7) is 3.03. The minimum atomic E-state index is -0.318. The minimum Gasteiger partial charge on any atom is -0.493 e. The molecule has 2 aromatic rings. The van der Waals surface area contributed by atoms with Gasteiger partial charge in [-0.15, -0.1) is 0 Å². The molecule has 0 spiro atoms. The lowest BCUT2D eigenvalue weighted by atomic mass is 10.2. The van der Waals surface area contributed by atoms with Crippen molar-refractivity contribution in [3.63, 3.8) is 0 Å². The van der Waals surface area contributed by atoms with Crippen molar-refractivity contribution >= 4 is 17.3 Å². The lowest BCUT2D eigenvalue weighted by molar-refractivity contribution is 0.102. The van der Waals surface area contributed by atoms with Gasteiger partial charge in [0.2, 0.25) is 5.75 Å². The number of hydrogen-bond donors (Lipinski definition) is 2. The van der Waals surface area contributed by atoms with Gasteiger partial charge >= 0.3 is 0 Å². The van der Waals surface area contributed by atoms with Gasteiger partial charge in [0.15, 0.2) is 11.5 Å². The Morgan fingerprint density at radius 3 is 2.30 bits per heavy atom. The topological polar surface area (TPSA) is 81.7 Å². The quantitative estimate of drug-likeness (QED) is 0.614. The molecule has 1 amide bonds. The van der Waals surface area contributed by atoms with Gasteiger partial charge in [0.25, 0.3) is 5.91 Å². The summed E-state index contributed by atoms with van der Waals surface area (Å²) in [7, 11) is 4.58. The number of hydrogen-bond acceptors (Lipinski definition) is 6. The molecule has 0 bridgehead atoms. The summed E-state index contributed by atoms with van der Waals surface area (Å²) in [5, 5.41) is 6.13. The number of unbranched alkanes of at least 4 members (excludes halogenated alkanes) is 2. The second-order valence-corrected chi connectivity index (χ2v) is 5.93. The molecule has 0 aliphatic carbocycles. The molecule has 1 heterocycles. The Morgan fingerprint density at radius 1 is 1.00 bits per heavy atom. The fraction of sp³-hybridized carbons (Fsp3) is 0.400. The van der Waals surface area contributed by atoms with Crippen LogP contribution in [0.5, 0.6) is 17.2 Å². The number of carbonyl (C=O) groups is 1. The average Bonchev–Trinajstić information content (AvgIpc) is 2.70. The zero-order valence-electron chi connectivity index (χ0n) is 16.3. The number of nitrogens with one attached hydrogen (secondary N) is 2. The Morgan fingerprint density at radius 2 is 1.70 bits per heavy atom. The van der Waals surface area contributed by atoms with E-state index in [-0.39, 0.29) is 5.91 Å². The summed E-state index contributed by atoms with van der Waals surface area (Å²) in [5.74, 6) is 1.08. The van der Waals surface area contributed by atoms with Gasteiger partial charge in [0.1, 0.15) is 5.69 Å². The predicted molar refractivity (Wildman–Crippen MR) is 106 cm³/mol. The van der Waals surface area contributed by atoms with Crippen LogP contribution in [0.4, 0.5) is 11.4 Å². The third-order valence-corrected chi connectivity index (χ3v) is 4.02. The van der Waals surface area contributed by atoms with Gasteiger partial charge < -0.3 is 24.8 Å². The van der Waals surface area contributed by atoms with Crippen molar-refractivity contribution in [2.24, 2.45) is 0 Å². The number of methoxy groups -OCH3 is 3. The lowest BCUT2D eigenvalue weighted by Crippen LogP contribution is -2.14. The van der Waals surface area contributed by atoms with Gasteiger partial charge in [-0.05, 0) is 18.6 Å². The highest BCUT2D eigenvalue weighted by atomic mass is 16.5. The second kappa shape index (κ2) is 10.3. The van der Waals surface area contributed by atoms with Crippen LogP contribution in [-0.4, -0.2) is 38.8 Å². The molecule has 0 fully saturated rings. The average molecular weight is 373 g/mol. The van der Waals surface area contributed by atoms with Crippen molar-refractivity contribution in [2.45, 2.75) is 26.2 Å². The normalized spacial score (nSPS) is 10.2. The van der Waals surface area contributed by atoms with E-state index in [9.17, 15) is 4.79 Å². The molecule has 7 heteroatoms. The fourth-order valence-electron chi connectivity index (χ4n) is 2.62. The monoisotopic (exact) mass is 373 g/mol. The van der Waals surface area contributed by atoms with Gasteiger partial charge in [-0.2, -0.15) is 0 Å². The summed E-state index contributed by atoms with van der Waals surface area (Å²) < 4.78 is 15.9. The Balaban J connectivity index is 2.13. The summed E-state index contributed by atoms with van der Waals surface area (Å²) in [6.07, 6.45) is 5.05. The number of pyridine rings is 1. The lowest BCUT2D eigenvalue weighted by Gasteiger charge is -2.14. The first kappa shape index (κ1) is 20.4. The Bertz CT molecular complexity index is 740. The molecule has 0 radical (unpaired) electrons. The molecule has 7 nitrogen and oxygen atoms in total. The first-order valence-electron chi connectivity index (χ1n) is 8.94. The molecular weight excluding hydrogens is 346 g/mol. The predicted octanol–water partition coefficient (Wildman–Crippen LogP) is 3.96. The van der Waals surface area contributed by atoms with Crippen LogP contribution < -0.4 is 24.8 Å². The molecule has 1 aromatic carbocycles. The number of ether oxygens (including phenoxy) is 3. The van der Waals surface area contributed by atoms with E-state index >= 15 is 0 Å². The summed E-state index contributed by atoms with van der Waals surface area (Å²) in [5.41, 5.74) is 1.72. The molecule has 2 N–H and O–H groups in total. The van der Waals surface area contributed by atoms with Crippen LogP contribution in [0.15, 0.2) is 30.5 Å². The highest BCUT2D eigenvalue weighted by Crippen LogP contribution is 2.40. The molecule has 146 valence electrons. The number of benzene rings is 1. The van der Waals surface area contributed by atoms with Gasteiger partial charge in [0, 0.05) is 36.2 Å². The number of anilines is 2. The van der Waals surface area contributed by atoms with Crippen LogP contribution in [0.2, 0.25) is 0 Å². The number of rotatable bonds is 10. The Kier molecular flexibility index (Phi) is 7.73. The summed E-state index contributed by atoms with van der Waals surface area (Å²) in [4.78, 5) is 16.7. The Labute approximate surface area is 160 Å². The molecule has 0 atom stereocenters. The zero-order valence-corrected chi connectivity index (χ0v) is 16.3. The van der Waals surface area contributed by atoms with Crippen LogP contribution >= 0.6 is 0 Å². The van der Waals surface area contributed by atoms with E-state index in [4.69, 9.17) is 14.2 Å². The van der Waals surface area contributed by atoms with Crippen LogP contribution in [0, 0.1) is 0 Å². The third kappa shape index (κ3) is 5.51. The third-order valence-electron chi connectivity index (χ3n) is 4.02. The van der Waals surface area contributed by atoms with E-state index in [2.05, 4.69) is 22.5 Å². The van der Waals surface area contributed by atoms with E-state index in [0.717, 1.165) is 18.7 Å². The second-order valence-electron chi connectivity index (χ2n) is 5.93. The molecule has 0 aliphatic heterocycles. The number of amides is 1. The van der Waals surface area contributed by atoms with Crippen molar-refractivity contribution in [2.75, 3.05) is 38.5 Å². The molecular formula is C20H27N3O4. The van der Waals surface area contributed by atoms with Crippen LogP contribution in [0.3, 0.4) is 0 Å². The smallest absolute Gasteiger partial charge is 0.274 e. The molecule has 27 heavy (non-hydrogen) atoms. The largest absolute Gasteiger partial charge is 0.493 e.